The van der Waals surface area contributed by atoms with Crippen molar-refractivity contribution in [3.05, 3.63) is 46.4 Å². The van der Waals surface area contributed by atoms with Gasteiger partial charge in [-0.05, 0) is 58.7 Å². The van der Waals surface area contributed by atoms with Crippen molar-refractivity contribution in [2.75, 3.05) is 20.3 Å². The van der Waals surface area contributed by atoms with Gasteiger partial charge >= 0.3 is 0 Å². The summed E-state index contributed by atoms with van der Waals surface area (Å²) in [5.74, 6) is 1.87. The van der Waals surface area contributed by atoms with Crippen LogP contribution in [0.25, 0.3) is 0 Å². The van der Waals surface area contributed by atoms with E-state index in [4.69, 9.17) is 14.2 Å². The van der Waals surface area contributed by atoms with Crippen molar-refractivity contribution in [3.8, 4) is 17.2 Å². The minimum atomic E-state index is -3.68. The molecule has 1 N–H and O–H groups in total. The lowest BCUT2D eigenvalue weighted by atomic mass is 10.1. The molecule has 8 heteroatoms. The Labute approximate surface area is 155 Å². The Morgan fingerprint density at radius 1 is 1.12 bits per heavy atom. The highest BCUT2D eigenvalue weighted by molar-refractivity contribution is 9.10. The summed E-state index contributed by atoms with van der Waals surface area (Å²) in [5, 5.41) is 0. The Balaban J connectivity index is 1.81. The van der Waals surface area contributed by atoms with Crippen molar-refractivity contribution in [1.29, 1.82) is 0 Å². The minimum absolute atomic E-state index is 0.157. The number of halogens is 1. The fourth-order valence-electron chi connectivity index (χ4n) is 2.51. The summed E-state index contributed by atoms with van der Waals surface area (Å²) in [6.45, 7) is 2.78. The Bertz CT molecular complexity index is 885. The summed E-state index contributed by atoms with van der Waals surface area (Å²) < 4.78 is 44.7. The Kier molecular flexibility index (Phi) is 5.21. The van der Waals surface area contributed by atoms with Gasteiger partial charge in [-0.1, -0.05) is 6.07 Å². The van der Waals surface area contributed by atoms with Crippen molar-refractivity contribution in [2.24, 2.45) is 0 Å². The number of hydrogen-bond donors (Lipinski definition) is 1. The minimum Gasteiger partial charge on any atom is -0.496 e. The number of sulfonamides is 1. The molecule has 25 heavy (non-hydrogen) atoms. The van der Waals surface area contributed by atoms with Gasteiger partial charge in [-0.2, -0.15) is 0 Å². The third kappa shape index (κ3) is 3.91. The summed E-state index contributed by atoms with van der Waals surface area (Å²) >= 11 is 3.30. The van der Waals surface area contributed by atoms with E-state index in [0.29, 0.717) is 34.9 Å². The molecule has 0 bridgehead atoms. The first-order chi connectivity index (χ1) is 11.9. The van der Waals surface area contributed by atoms with E-state index in [1.165, 1.54) is 19.2 Å². The number of rotatable bonds is 5. The maximum absolute atomic E-state index is 12.6. The predicted octanol–water partition coefficient (Wildman–Crippen LogP) is 3.27. The van der Waals surface area contributed by atoms with Crippen molar-refractivity contribution in [2.45, 2.75) is 17.9 Å². The van der Waals surface area contributed by atoms with Crippen LogP contribution in [0.4, 0.5) is 0 Å². The molecular weight excluding hydrogens is 410 g/mol. The van der Waals surface area contributed by atoms with Gasteiger partial charge in [-0.25, -0.2) is 13.1 Å². The third-order valence-electron chi connectivity index (χ3n) is 3.83. The molecule has 0 aliphatic carbocycles. The van der Waals surface area contributed by atoms with E-state index in [9.17, 15) is 8.42 Å². The molecule has 1 aliphatic heterocycles. The highest BCUT2D eigenvalue weighted by Crippen LogP contribution is 2.33. The summed E-state index contributed by atoms with van der Waals surface area (Å²) in [5.41, 5.74) is 0.792. The Hall–Kier alpha value is -1.77. The van der Waals surface area contributed by atoms with Gasteiger partial charge in [-0.15, -0.1) is 0 Å². The van der Waals surface area contributed by atoms with Crippen molar-refractivity contribution >= 4 is 26.0 Å². The Morgan fingerprint density at radius 3 is 2.52 bits per heavy atom. The van der Waals surface area contributed by atoms with E-state index in [1.807, 2.05) is 6.07 Å². The van der Waals surface area contributed by atoms with E-state index in [1.54, 1.807) is 25.1 Å². The highest BCUT2D eigenvalue weighted by Gasteiger charge is 2.21. The zero-order valence-corrected chi connectivity index (χ0v) is 16.2. The number of ether oxygens (including phenoxy) is 3. The van der Waals surface area contributed by atoms with Crippen LogP contribution < -0.4 is 18.9 Å². The van der Waals surface area contributed by atoms with Crippen LogP contribution in [-0.2, 0) is 10.0 Å². The molecule has 0 fully saturated rings. The SMILES string of the molecule is COc1ccc(S(=O)(=O)N[C@H](C)c2ccc3c(c2)OCCO3)cc1Br. The number of methoxy groups -OCH3 is 1. The van der Waals surface area contributed by atoms with Gasteiger partial charge in [0.2, 0.25) is 10.0 Å². The van der Waals surface area contributed by atoms with Gasteiger partial charge in [0, 0.05) is 6.04 Å². The molecule has 0 spiro atoms. The zero-order valence-electron chi connectivity index (χ0n) is 13.8. The van der Waals surface area contributed by atoms with Crippen LogP contribution in [0.3, 0.4) is 0 Å². The van der Waals surface area contributed by atoms with Gasteiger partial charge in [0.05, 0.1) is 16.5 Å². The van der Waals surface area contributed by atoms with Crippen LogP contribution in [0.1, 0.15) is 18.5 Å². The molecule has 2 aromatic rings. The topological polar surface area (TPSA) is 73.9 Å². The lowest BCUT2D eigenvalue weighted by Crippen LogP contribution is -2.27. The second-order valence-corrected chi connectivity index (χ2v) is 8.11. The van der Waals surface area contributed by atoms with E-state index < -0.39 is 16.1 Å². The van der Waals surface area contributed by atoms with Crippen molar-refractivity contribution in [3.63, 3.8) is 0 Å². The van der Waals surface area contributed by atoms with Crippen LogP contribution >= 0.6 is 15.9 Å². The highest BCUT2D eigenvalue weighted by atomic mass is 79.9. The fraction of sp³-hybridized carbons (Fsp3) is 0.294. The van der Waals surface area contributed by atoms with E-state index in [-0.39, 0.29) is 4.90 Å². The maximum atomic E-state index is 12.6. The van der Waals surface area contributed by atoms with Crippen LogP contribution in [0.2, 0.25) is 0 Å². The molecule has 0 amide bonds. The second kappa shape index (κ2) is 7.23. The van der Waals surface area contributed by atoms with Crippen molar-refractivity contribution in [1.82, 2.24) is 4.72 Å². The molecule has 1 atom stereocenters. The number of benzene rings is 2. The number of nitrogens with one attached hydrogen (secondary N) is 1. The second-order valence-electron chi connectivity index (χ2n) is 5.54. The van der Waals surface area contributed by atoms with E-state index in [0.717, 1.165) is 5.56 Å². The number of fused-ring (bicyclic) bond motifs is 1. The first-order valence-corrected chi connectivity index (χ1v) is 9.94. The molecule has 0 saturated heterocycles. The molecule has 3 rings (SSSR count). The molecule has 1 heterocycles. The molecule has 0 unspecified atom stereocenters. The first kappa shape index (κ1) is 18.0. The molecule has 0 saturated carbocycles. The maximum Gasteiger partial charge on any atom is 0.241 e. The van der Waals surface area contributed by atoms with Crippen molar-refractivity contribution < 1.29 is 22.6 Å². The summed E-state index contributed by atoms with van der Waals surface area (Å²) in [4.78, 5) is 0.157. The van der Waals surface area contributed by atoms with E-state index in [2.05, 4.69) is 20.7 Å². The van der Waals surface area contributed by atoms with Crippen LogP contribution in [0.15, 0.2) is 45.8 Å². The Morgan fingerprint density at radius 2 is 1.84 bits per heavy atom. The monoisotopic (exact) mass is 427 g/mol. The predicted molar refractivity (Wildman–Crippen MR) is 96.9 cm³/mol. The molecule has 6 nitrogen and oxygen atoms in total. The molecule has 0 radical (unpaired) electrons. The van der Waals surface area contributed by atoms with Crippen LogP contribution in [0.5, 0.6) is 17.2 Å². The average Bonchev–Trinajstić information content (AvgIpc) is 2.60. The van der Waals surface area contributed by atoms with Gasteiger partial charge in [0.25, 0.3) is 0 Å². The van der Waals surface area contributed by atoms with Gasteiger partial charge in [-0.3, -0.25) is 0 Å². The zero-order chi connectivity index (χ0) is 18.0. The normalized spacial score (nSPS) is 14.8. The molecule has 1 aliphatic rings. The van der Waals surface area contributed by atoms with Gasteiger partial charge < -0.3 is 14.2 Å². The lowest BCUT2D eigenvalue weighted by Gasteiger charge is -2.21. The summed E-state index contributed by atoms with van der Waals surface area (Å²) in [6.07, 6.45) is 0. The van der Waals surface area contributed by atoms with Gasteiger partial charge in [0.1, 0.15) is 19.0 Å². The summed E-state index contributed by atoms with van der Waals surface area (Å²) in [7, 11) is -2.16. The molecular formula is C17H18BrNO5S. The largest absolute Gasteiger partial charge is 0.496 e. The van der Waals surface area contributed by atoms with Gasteiger partial charge in [0.15, 0.2) is 11.5 Å². The summed E-state index contributed by atoms with van der Waals surface area (Å²) in [6, 6.07) is 9.60. The smallest absolute Gasteiger partial charge is 0.241 e. The van der Waals surface area contributed by atoms with E-state index >= 15 is 0 Å². The molecule has 0 aromatic heterocycles. The third-order valence-corrected chi connectivity index (χ3v) is 5.99. The lowest BCUT2D eigenvalue weighted by molar-refractivity contribution is 0.171. The fourth-order valence-corrected chi connectivity index (χ4v) is 4.46. The van der Waals surface area contributed by atoms with Crippen LogP contribution in [0, 0.1) is 0 Å². The standard InChI is InChI=1S/C17H18BrNO5S/c1-11(12-3-5-16-17(9-12)24-8-7-23-16)19-25(20,21)13-4-6-15(22-2)14(18)10-13/h3-6,9-11,19H,7-8H2,1-2H3/t11-/m1/s1. The molecule has 134 valence electrons. The average molecular weight is 428 g/mol. The quantitative estimate of drug-likeness (QED) is 0.792. The first-order valence-electron chi connectivity index (χ1n) is 7.66. The van der Waals surface area contributed by atoms with Crippen LogP contribution in [-0.4, -0.2) is 28.7 Å². The number of hydrogen-bond acceptors (Lipinski definition) is 5. The molecule has 2 aromatic carbocycles.